The van der Waals surface area contributed by atoms with E-state index in [-0.39, 0.29) is 11.3 Å². The van der Waals surface area contributed by atoms with Crippen LogP contribution < -0.4 is 15.0 Å². The van der Waals surface area contributed by atoms with Crippen molar-refractivity contribution in [2.24, 2.45) is 7.05 Å². The smallest absolute Gasteiger partial charge is 0.259 e. The van der Waals surface area contributed by atoms with E-state index in [1.54, 1.807) is 38.4 Å². The summed E-state index contributed by atoms with van der Waals surface area (Å²) in [5, 5.41) is 2.50. The molecule has 2 aromatic heterocycles. The van der Waals surface area contributed by atoms with Gasteiger partial charge >= 0.3 is 0 Å². The number of benzene rings is 2. The predicted octanol–water partition coefficient (Wildman–Crippen LogP) is 5.44. The van der Waals surface area contributed by atoms with Crippen LogP contribution in [0.1, 0.15) is 18.1 Å². The summed E-state index contributed by atoms with van der Waals surface area (Å²) < 4.78 is 35.7. The minimum Gasteiger partial charge on any atom is -0.456 e. The molecule has 4 rings (SSSR count). The number of hydrogen-bond acceptors (Lipinski definition) is 5. The van der Waals surface area contributed by atoms with Gasteiger partial charge in [-0.2, -0.15) is 0 Å². The molecule has 0 amide bonds. The van der Waals surface area contributed by atoms with Gasteiger partial charge in [0.05, 0.1) is 11.1 Å². The molecule has 0 unspecified atom stereocenters. The largest absolute Gasteiger partial charge is 0.456 e. The summed E-state index contributed by atoms with van der Waals surface area (Å²) in [6.07, 6.45) is 1.77. The third-order valence-electron chi connectivity index (χ3n) is 5.33. The zero-order valence-electron chi connectivity index (χ0n) is 18.3. The van der Waals surface area contributed by atoms with Crippen LogP contribution in [0.4, 0.5) is 5.69 Å². The number of fused-ring (bicyclic) bond motifs is 1. The Balaban J connectivity index is 1.95. The second kappa shape index (κ2) is 8.44. The molecule has 0 radical (unpaired) electrons. The van der Waals surface area contributed by atoms with Gasteiger partial charge in [-0.15, -0.1) is 11.3 Å². The Morgan fingerprint density at radius 2 is 1.78 bits per heavy atom. The Hall–Kier alpha value is -3.10. The van der Waals surface area contributed by atoms with Crippen molar-refractivity contribution in [2.45, 2.75) is 20.8 Å². The number of thiophene rings is 1. The minimum atomic E-state index is -3.45. The molecule has 0 aliphatic rings. The molecule has 2 heterocycles. The number of nitrogens with one attached hydrogen (secondary N) is 1. The summed E-state index contributed by atoms with van der Waals surface area (Å²) >= 11 is 1.47. The molecular weight excluding hydrogens is 444 g/mol. The van der Waals surface area contributed by atoms with Crippen molar-refractivity contribution in [1.82, 2.24) is 4.57 Å². The van der Waals surface area contributed by atoms with Crippen molar-refractivity contribution in [1.29, 1.82) is 0 Å². The van der Waals surface area contributed by atoms with Crippen molar-refractivity contribution >= 4 is 37.1 Å². The number of nitrogens with zero attached hydrogens (tertiary/aromatic N) is 1. The van der Waals surface area contributed by atoms with E-state index in [0.29, 0.717) is 22.4 Å². The Bertz CT molecular complexity index is 1460. The minimum absolute atomic E-state index is 0.0298. The second-order valence-electron chi connectivity index (χ2n) is 7.66. The van der Waals surface area contributed by atoms with Crippen LogP contribution in [-0.2, 0) is 17.1 Å². The quantitative estimate of drug-likeness (QED) is 0.409. The van der Waals surface area contributed by atoms with E-state index in [9.17, 15) is 13.2 Å². The van der Waals surface area contributed by atoms with Crippen LogP contribution in [-0.4, -0.2) is 18.7 Å². The first-order valence-corrected chi connectivity index (χ1v) is 12.7. The molecule has 0 atom stereocenters. The van der Waals surface area contributed by atoms with E-state index < -0.39 is 10.0 Å². The summed E-state index contributed by atoms with van der Waals surface area (Å²) in [4.78, 5) is 12.6. The molecule has 0 saturated heterocycles. The molecule has 4 aromatic rings. The lowest BCUT2D eigenvalue weighted by Gasteiger charge is -2.17. The molecule has 0 spiro atoms. The molecule has 8 heteroatoms. The van der Waals surface area contributed by atoms with Gasteiger partial charge < -0.3 is 9.30 Å². The first-order chi connectivity index (χ1) is 15.2. The van der Waals surface area contributed by atoms with Crippen molar-refractivity contribution in [3.63, 3.8) is 0 Å². The predicted molar refractivity (Wildman–Crippen MR) is 132 cm³/mol. The Morgan fingerprint density at radius 1 is 1.06 bits per heavy atom. The average Bonchev–Trinajstić information content (AvgIpc) is 3.24. The first kappa shape index (κ1) is 22.1. The Morgan fingerprint density at radius 3 is 2.47 bits per heavy atom. The fourth-order valence-corrected chi connectivity index (χ4v) is 5.14. The number of hydrogen-bond donors (Lipinski definition) is 1. The number of pyridine rings is 1. The third-order valence-corrected chi connectivity index (χ3v) is 7.58. The zero-order chi connectivity index (χ0) is 23.0. The molecule has 1 N–H and O–H groups in total. The van der Waals surface area contributed by atoms with Gasteiger partial charge in [-0.25, -0.2) is 8.42 Å². The van der Waals surface area contributed by atoms with Gasteiger partial charge in [-0.05, 0) is 61.5 Å². The SMILES string of the molecule is CCS(=O)(=O)Nc1ccc(Oc2c(C)cccc2C)c(-c2cn(C)c(=O)c3ccsc23)c1. The summed E-state index contributed by atoms with van der Waals surface area (Å²) in [7, 11) is -1.74. The first-order valence-electron chi connectivity index (χ1n) is 10.2. The van der Waals surface area contributed by atoms with Crippen LogP contribution in [0, 0.1) is 13.8 Å². The summed E-state index contributed by atoms with van der Waals surface area (Å²) in [6, 6.07) is 13.0. The van der Waals surface area contributed by atoms with Crippen molar-refractivity contribution in [2.75, 3.05) is 10.5 Å². The van der Waals surface area contributed by atoms with Crippen LogP contribution in [0.15, 0.2) is 58.8 Å². The van der Waals surface area contributed by atoms with E-state index in [1.807, 2.05) is 43.5 Å². The number of aromatic nitrogens is 1. The van der Waals surface area contributed by atoms with Crippen LogP contribution in [0.3, 0.4) is 0 Å². The maximum absolute atomic E-state index is 12.6. The molecule has 0 fully saturated rings. The van der Waals surface area contributed by atoms with E-state index >= 15 is 0 Å². The highest BCUT2D eigenvalue weighted by Gasteiger charge is 2.18. The summed E-state index contributed by atoms with van der Waals surface area (Å²) in [6.45, 7) is 5.55. The van der Waals surface area contributed by atoms with Crippen LogP contribution in [0.5, 0.6) is 11.5 Å². The highest BCUT2D eigenvalue weighted by atomic mass is 32.2. The Labute approximate surface area is 191 Å². The van der Waals surface area contributed by atoms with Gasteiger partial charge in [0.15, 0.2) is 0 Å². The monoisotopic (exact) mass is 468 g/mol. The maximum atomic E-state index is 12.6. The number of aryl methyl sites for hydroxylation is 3. The van der Waals surface area contributed by atoms with E-state index in [1.165, 1.54) is 15.9 Å². The molecule has 6 nitrogen and oxygen atoms in total. The van der Waals surface area contributed by atoms with Gasteiger partial charge in [-0.3, -0.25) is 9.52 Å². The van der Waals surface area contributed by atoms with Crippen molar-refractivity contribution in [3.05, 3.63) is 75.5 Å². The molecular formula is C24H24N2O4S2. The number of ether oxygens (including phenoxy) is 1. The fraction of sp³-hybridized carbons (Fsp3) is 0.208. The van der Waals surface area contributed by atoms with Gasteiger partial charge in [0.25, 0.3) is 5.56 Å². The van der Waals surface area contributed by atoms with Gasteiger partial charge in [0.2, 0.25) is 10.0 Å². The van der Waals surface area contributed by atoms with E-state index in [2.05, 4.69) is 4.72 Å². The van der Waals surface area contributed by atoms with Crippen LogP contribution >= 0.6 is 11.3 Å². The summed E-state index contributed by atoms with van der Waals surface area (Å²) in [5.74, 6) is 1.30. The molecule has 0 aliphatic carbocycles. The topological polar surface area (TPSA) is 77.4 Å². The van der Waals surface area contributed by atoms with Gasteiger partial charge in [-0.1, -0.05) is 18.2 Å². The number of sulfonamides is 1. The lowest BCUT2D eigenvalue weighted by atomic mass is 10.0. The van der Waals surface area contributed by atoms with Gasteiger partial charge in [0, 0.05) is 34.8 Å². The highest BCUT2D eigenvalue weighted by Crippen LogP contribution is 2.41. The standard InChI is InChI=1S/C24H24N2O4S2/c1-5-32(28,29)25-17-9-10-21(30-22-15(2)7-6-8-16(22)3)19(13-17)20-14-26(4)24(27)18-11-12-31-23(18)20/h6-14,25H,5H2,1-4H3. The van der Waals surface area contributed by atoms with Crippen LogP contribution in [0.2, 0.25) is 0 Å². The fourth-order valence-electron chi connectivity index (χ4n) is 3.59. The van der Waals surface area contributed by atoms with Crippen LogP contribution in [0.25, 0.3) is 21.2 Å². The lowest BCUT2D eigenvalue weighted by molar-refractivity contribution is 0.477. The lowest BCUT2D eigenvalue weighted by Crippen LogP contribution is -2.16. The van der Waals surface area contributed by atoms with E-state index in [0.717, 1.165) is 27.1 Å². The molecule has 0 saturated carbocycles. The second-order valence-corrected chi connectivity index (χ2v) is 10.6. The molecule has 2 aromatic carbocycles. The normalized spacial score (nSPS) is 11.6. The highest BCUT2D eigenvalue weighted by molar-refractivity contribution is 7.92. The summed E-state index contributed by atoms with van der Waals surface area (Å²) in [5.41, 5.74) is 3.85. The maximum Gasteiger partial charge on any atom is 0.259 e. The van der Waals surface area contributed by atoms with Crippen molar-refractivity contribution in [3.8, 4) is 22.6 Å². The molecule has 0 aliphatic heterocycles. The van der Waals surface area contributed by atoms with Gasteiger partial charge in [0.1, 0.15) is 11.5 Å². The van der Waals surface area contributed by atoms with Crippen molar-refractivity contribution < 1.29 is 13.2 Å². The average molecular weight is 469 g/mol. The van der Waals surface area contributed by atoms with E-state index in [4.69, 9.17) is 4.74 Å². The number of anilines is 1. The Kier molecular flexibility index (Phi) is 5.83. The molecule has 32 heavy (non-hydrogen) atoms. The number of rotatable bonds is 6. The molecule has 166 valence electrons. The third kappa shape index (κ3) is 4.16. The number of para-hydroxylation sites is 1. The zero-order valence-corrected chi connectivity index (χ0v) is 19.9. The molecule has 0 bridgehead atoms.